The molecule has 0 bridgehead atoms. The number of aliphatic hydroxyl groups is 1. The van der Waals surface area contributed by atoms with Crippen molar-refractivity contribution in [3.8, 4) is 0 Å². The van der Waals surface area contributed by atoms with Crippen LogP contribution in [-0.4, -0.2) is 35.8 Å². The third-order valence-electron chi connectivity index (χ3n) is 5.31. The van der Waals surface area contributed by atoms with Crippen molar-refractivity contribution in [1.29, 1.82) is 10.8 Å². The molecule has 32 heavy (non-hydrogen) atoms. The van der Waals surface area contributed by atoms with Crippen molar-refractivity contribution in [2.75, 3.05) is 4.90 Å². The highest BCUT2D eigenvalue weighted by molar-refractivity contribution is 6.01. The van der Waals surface area contributed by atoms with Crippen molar-refractivity contribution in [3.05, 3.63) is 64.7 Å². The quantitative estimate of drug-likeness (QED) is 0.442. The number of fused-ring (bicyclic) bond motifs is 1. The van der Waals surface area contributed by atoms with Crippen LogP contribution in [0, 0.1) is 10.8 Å². The molecule has 3 rings (SSSR count). The first-order chi connectivity index (χ1) is 14.8. The maximum absolute atomic E-state index is 13.0. The summed E-state index contributed by atoms with van der Waals surface area (Å²) < 4.78 is 78.1. The van der Waals surface area contributed by atoms with Gasteiger partial charge in [0.15, 0.2) is 0 Å². The van der Waals surface area contributed by atoms with Gasteiger partial charge in [-0.2, -0.15) is 26.3 Å². The Morgan fingerprint density at radius 2 is 1.53 bits per heavy atom. The third-order valence-corrected chi connectivity index (χ3v) is 5.31. The van der Waals surface area contributed by atoms with Gasteiger partial charge in [-0.15, -0.1) is 0 Å². The Morgan fingerprint density at radius 1 is 0.969 bits per heavy atom. The number of carbonyl (C=O) groups excluding carboxylic acids is 1. The minimum Gasteiger partial charge on any atom is -0.369 e. The SMILES string of the molecule is N=CC(C=N)c1ccc2c(c1)CC(=O)N2Cc1ccc(C(O)(C(F)(F)F)C(F)(F)F)cc1. The highest BCUT2D eigenvalue weighted by Crippen LogP contribution is 2.50. The van der Waals surface area contributed by atoms with E-state index in [2.05, 4.69) is 0 Å². The van der Waals surface area contributed by atoms with Crippen LogP contribution >= 0.6 is 0 Å². The molecular formula is C21H17F6N3O2. The van der Waals surface area contributed by atoms with Gasteiger partial charge in [0.05, 0.1) is 18.9 Å². The first-order valence-electron chi connectivity index (χ1n) is 9.23. The number of hydrogen-bond donors (Lipinski definition) is 3. The van der Waals surface area contributed by atoms with Crippen LogP contribution in [0.15, 0.2) is 42.5 Å². The molecule has 3 N–H and O–H groups in total. The number of carbonyl (C=O) groups is 1. The molecule has 1 aliphatic heterocycles. The number of nitrogens with one attached hydrogen (secondary N) is 2. The summed E-state index contributed by atoms with van der Waals surface area (Å²) >= 11 is 0. The molecule has 0 saturated heterocycles. The number of nitrogens with zero attached hydrogens (tertiary/aromatic N) is 1. The van der Waals surface area contributed by atoms with E-state index in [1.165, 1.54) is 4.90 Å². The Morgan fingerprint density at radius 3 is 2.03 bits per heavy atom. The Hall–Kier alpha value is -3.21. The predicted molar refractivity (Wildman–Crippen MR) is 104 cm³/mol. The summed E-state index contributed by atoms with van der Waals surface area (Å²) in [6.07, 6.45) is -9.76. The molecule has 0 unspecified atom stereocenters. The van der Waals surface area contributed by atoms with Crippen LogP contribution in [0.5, 0.6) is 0 Å². The maximum Gasteiger partial charge on any atom is 0.430 e. The van der Waals surface area contributed by atoms with Crippen molar-refractivity contribution in [3.63, 3.8) is 0 Å². The predicted octanol–water partition coefficient (Wildman–Crippen LogP) is 4.47. The van der Waals surface area contributed by atoms with Gasteiger partial charge >= 0.3 is 12.4 Å². The van der Waals surface area contributed by atoms with Gasteiger partial charge in [0, 0.05) is 23.7 Å². The van der Waals surface area contributed by atoms with Crippen LogP contribution in [0.2, 0.25) is 0 Å². The van der Waals surface area contributed by atoms with Crippen molar-refractivity contribution in [1.82, 2.24) is 0 Å². The van der Waals surface area contributed by atoms with Gasteiger partial charge in [0.25, 0.3) is 5.60 Å². The molecule has 0 aromatic heterocycles. The number of amides is 1. The van der Waals surface area contributed by atoms with E-state index >= 15 is 0 Å². The molecule has 0 fully saturated rings. The standard InChI is InChI=1S/C21H17F6N3O2/c22-20(23,24)19(32,21(25,26)27)16-4-1-12(2-5-16)11-30-17-6-3-13(15(9-28)10-29)7-14(17)8-18(30)31/h1-7,9-10,15,28-29,32H,8,11H2. The summed E-state index contributed by atoms with van der Waals surface area (Å²) in [5.41, 5.74) is -4.30. The smallest absolute Gasteiger partial charge is 0.369 e. The lowest BCUT2D eigenvalue weighted by Gasteiger charge is -2.32. The number of halogens is 6. The molecular weight excluding hydrogens is 440 g/mol. The van der Waals surface area contributed by atoms with E-state index in [0.717, 1.165) is 24.6 Å². The molecule has 0 spiro atoms. The van der Waals surface area contributed by atoms with Gasteiger partial charge in [0.1, 0.15) is 0 Å². The monoisotopic (exact) mass is 457 g/mol. The van der Waals surface area contributed by atoms with Gasteiger partial charge in [-0.05, 0) is 22.8 Å². The zero-order valence-corrected chi connectivity index (χ0v) is 16.3. The number of anilines is 1. The average molecular weight is 457 g/mol. The second kappa shape index (κ2) is 8.05. The lowest BCUT2D eigenvalue weighted by molar-refractivity contribution is -0.376. The van der Waals surface area contributed by atoms with Crippen LogP contribution in [0.1, 0.15) is 28.2 Å². The molecule has 170 valence electrons. The van der Waals surface area contributed by atoms with Crippen molar-refractivity contribution in [2.45, 2.75) is 36.8 Å². The highest BCUT2D eigenvalue weighted by Gasteiger charge is 2.71. The normalized spacial score (nSPS) is 15.5. The van der Waals surface area contributed by atoms with Crippen LogP contribution in [0.25, 0.3) is 0 Å². The van der Waals surface area contributed by atoms with Crippen molar-refractivity contribution in [2.24, 2.45) is 0 Å². The minimum atomic E-state index is -5.97. The molecule has 0 radical (unpaired) electrons. The molecule has 0 saturated carbocycles. The number of benzene rings is 2. The van der Waals surface area contributed by atoms with Gasteiger partial charge in [0.2, 0.25) is 5.91 Å². The summed E-state index contributed by atoms with van der Waals surface area (Å²) in [7, 11) is 0. The first-order valence-corrected chi connectivity index (χ1v) is 9.23. The topological polar surface area (TPSA) is 88.2 Å². The van der Waals surface area contributed by atoms with Gasteiger partial charge in [-0.1, -0.05) is 36.4 Å². The average Bonchev–Trinajstić information content (AvgIpc) is 3.02. The lowest BCUT2D eigenvalue weighted by Crippen LogP contribution is -2.53. The Labute approximate surface area is 178 Å². The van der Waals surface area contributed by atoms with Crippen LogP contribution < -0.4 is 4.90 Å². The van der Waals surface area contributed by atoms with E-state index in [1.54, 1.807) is 18.2 Å². The van der Waals surface area contributed by atoms with E-state index in [4.69, 9.17) is 10.8 Å². The Balaban J connectivity index is 1.88. The summed E-state index contributed by atoms with van der Waals surface area (Å²) in [5, 5.41) is 24.2. The second-order valence-electron chi connectivity index (χ2n) is 7.31. The highest BCUT2D eigenvalue weighted by atomic mass is 19.4. The largest absolute Gasteiger partial charge is 0.430 e. The van der Waals surface area contributed by atoms with Crippen molar-refractivity contribution < 1.29 is 36.2 Å². The van der Waals surface area contributed by atoms with Crippen molar-refractivity contribution >= 4 is 24.0 Å². The van der Waals surface area contributed by atoms with Gasteiger partial charge in [-0.25, -0.2) is 0 Å². The molecule has 5 nitrogen and oxygen atoms in total. The fraction of sp³-hybridized carbons (Fsp3) is 0.286. The van der Waals surface area contributed by atoms with Crippen LogP contribution in [0.3, 0.4) is 0 Å². The van der Waals surface area contributed by atoms with E-state index < -0.39 is 29.4 Å². The van der Waals surface area contributed by atoms with E-state index in [1.807, 2.05) is 0 Å². The zero-order chi connectivity index (χ0) is 23.9. The summed E-state index contributed by atoms with van der Waals surface area (Å²) in [6.45, 7) is -0.0967. The summed E-state index contributed by atoms with van der Waals surface area (Å²) in [4.78, 5) is 13.8. The molecule has 0 aliphatic carbocycles. The molecule has 1 aliphatic rings. The molecule has 2 aromatic rings. The molecule has 2 aromatic carbocycles. The van der Waals surface area contributed by atoms with Crippen LogP contribution in [-0.2, 0) is 23.4 Å². The molecule has 11 heteroatoms. The summed E-state index contributed by atoms with van der Waals surface area (Å²) in [5.74, 6) is -0.859. The van der Waals surface area contributed by atoms with Gasteiger partial charge in [-0.3, -0.25) is 4.79 Å². The van der Waals surface area contributed by atoms with Gasteiger partial charge < -0.3 is 20.8 Å². The van der Waals surface area contributed by atoms with E-state index in [-0.39, 0.29) is 24.4 Å². The number of alkyl halides is 6. The zero-order valence-electron chi connectivity index (χ0n) is 16.3. The van der Waals surface area contributed by atoms with Crippen LogP contribution in [0.4, 0.5) is 32.0 Å². The summed E-state index contributed by atoms with van der Waals surface area (Å²) in [6, 6.07) is 8.02. The maximum atomic E-state index is 13.0. The fourth-order valence-corrected chi connectivity index (χ4v) is 3.55. The Kier molecular flexibility index (Phi) is 5.90. The van der Waals surface area contributed by atoms with E-state index in [0.29, 0.717) is 28.9 Å². The number of hydrogen-bond acceptors (Lipinski definition) is 4. The van der Waals surface area contributed by atoms with E-state index in [9.17, 15) is 36.2 Å². The molecule has 0 atom stereocenters. The second-order valence-corrected chi connectivity index (χ2v) is 7.31. The lowest BCUT2D eigenvalue weighted by atomic mass is 9.91. The number of rotatable bonds is 6. The fourth-order valence-electron chi connectivity index (χ4n) is 3.55. The first kappa shape index (κ1) is 23.5. The third kappa shape index (κ3) is 3.88. The minimum absolute atomic E-state index is 0.0336. The molecule has 1 amide bonds. The molecule has 1 heterocycles. The Bertz CT molecular complexity index is 1020.